The number of carboxylic acid groups (broad SMARTS) is 2. The lowest BCUT2D eigenvalue weighted by molar-refractivity contribution is -0.153. The number of unbranched alkanes of at least 4 members (excludes halogenated alkanes) is 4. The van der Waals surface area contributed by atoms with Crippen LogP contribution < -0.4 is 0 Å². The van der Waals surface area contributed by atoms with E-state index < -0.39 is 24.4 Å². The van der Waals surface area contributed by atoms with E-state index in [1.165, 1.54) is 7.05 Å². The van der Waals surface area contributed by atoms with Crippen molar-refractivity contribution in [1.29, 1.82) is 0 Å². The molecule has 0 rings (SSSR count). The van der Waals surface area contributed by atoms with Crippen LogP contribution in [0.2, 0.25) is 0 Å². The third kappa shape index (κ3) is 7.43. The Hall–Kier alpha value is -1.59. The minimum atomic E-state index is -1.29. The van der Waals surface area contributed by atoms with E-state index >= 15 is 0 Å². The molecule has 0 aliphatic rings. The molecule has 110 valence electrons. The SMILES string of the molecule is CCCCCCCC(=O)N(C)C(CC(=O)O)C(=O)O. The molecule has 0 aromatic rings. The van der Waals surface area contributed by atoms with Crippen LogP contribution in [0.1, 0.15) is 51.9 Å². The molecule has 0 bridgehead atoms. The summed E-state index contributed by atoms with van der Waals surface area (Å²) in [7, 11) is 1.34. The van der Waals surface area contributed by atoms with E-state index in [-0.39, 0.29) is 12.3 Å². The van der Waals surface area contributed by atoms with Crippen LogP contribution in [-0.4, -0.2) is 46.0 Å². The Kier molecular flexibility index (Phi) is 8.57. The van der Waals surface area contributed by atoms with Crippen molar-refractivity contribution in [3.05, 3.63) is 0 Å². The lowest BCUT2D eigenvalue weighted by atomic mass is 10.1. The molecule has 0 aromatic heterocycles. The van der Waals surface area contributed by atoms with Crippen molar-refractivity contribution in [3.8, 4) is 0 Å². The lowest BCUT2D eigenvalue weighted by Crippen LogP contribution is -2.43. The molecule has 0 aliphatic carbocycles. The quantitative estimate of drug-likeness (QED) is 0.591. The number of carboxylic acids is 2. The van der Waals surface area contributed by atoms with Crippen LogP contribution in [0.25, 0.3) is 0 Å². The summed E-state index contributed by atoms with van der Waals surface area (Å²) in [5, 5.41) is 17.6. The number of rotatable bonds is 10. The largest absolute Gasteiger partial charge is 0.481 e. The summed E-state index contributed by atoms with van der Waals surface area (Å²) < 4.78 is 0. The highest BCUT2D eigenvalue weighted by Gasteiger charge is 2.28. The van der Waals surface area contributed by atoms with Gasteiger partial charge >= 0.3 is 11.9 Å². The number of aliphatic carboxylic acids is 2. The van der Waals surface area contributed by atoms with Gasteiger partial charge in [-0.3, -0.25) is 9.59 Å². The Morgan fingerprint density at radius 2 is 1.63 bits per heavy atom. The second-order valence-electron chi connectivity index (χ2n) is 4.62. The first-order chi connectivity index (χ1) is 8.90. The predicted octanol–water partition coefficient (Wildman–Crippen LogP) is 1.73. The number of amides is 1. The maximum Gasteiger partial charge on any atom is 0.327 e. The number of hydrogen-bond acceptors (Lipinski definition) is 3. The second kappa shape index (κ2) is 9.35. The molecule has 1 unspecified atom stereocenters. The first-order valence-electron chi connectivity index (χ1n) is 6.60. The summed E-state index contributed by atoms with van der Waals surface area (Å²) in [6.45, 7) is 2.10. The zero-order valence-electron chi connectivity index (χ0n) is 11.6. The van der Waals surface area contributed by atoms with Gasteiger partial charge in [0.05, 0.1) is 6.42 Å². The highest BCUT2D eigenvalue weighted by atomic mass is 16.4. The van der Waals surface area contributed by atoms with Gasteiger partial charge in [-0.1, -0.05) is 32.6 Å². The summed E-state index contributed by atoms with van der Waals surface area (Å²) in [6, 6.07) is -1.29. The molecule has 0 spiro atoms. The van der Waals surface area contributed by atoms with Crippen molar-refractivity contribution in [2.24, 2.45) is 0 Å². The van der Waals surface area contributed by atoms with Gasteiger partial charge in [-0.05, 0) is 6.42 Å². The van der Waals surface area contributed by atoms with Crippen molar-refractivity contribution >= 4 is 17.8 Å². The van der Waals surface area contributed by atoms with Crippen molar-refractivity contribution < 1.29 is 24.6 Å². The van der Waals surface area contributed by atoms with Crippen LogP contribution >= 0.6 is 0 Å². The molecule has 1 amide bonds. The zero-order valence-corrected chi connectivity index (χ0v) is 11.6. The summed E-state index contributed by atoms with van der Waals surface area (Å²) in [4.78, 5) is 34.3. The van der Waals surface area contributed by atoms with Gasteiger partial charge in [-0.25, -0.2) is 4.79 Å². The maximum absolute atomic E-state index is 11.8. The third-order valence-corrected chi connectivity index (χ3v) is 3.01. The fraction of sp³-hybridized carbons (Fsp3) is 0.769. The van der Waals surface area contributed by atoms with E-state index in [1.807, 2.05) is 0 Å². The Labute approximate surface area is 113 Å². The topological polar surface area (TPSA) is 94.9 Å². The molecular formula is C13H23NO5. The summed E-state index contributed by atoms with van der Waals surface area (Å²) in [6.07, 6.45) is 4.64. The molecule has 0 fully saturated rings. The number of nitrogens with zero attached hydrogens (tertiary/aromatic N) is 1. The van der Waals surface area contributed by atoms with E-state index in [0.29, 0.717) is 6.42 Å². The number of carbonyl (C=O) groups is 3. The van der Waals surface area contributed by atoms with Crippen LogP contribution in [0, 0.1) is 0 Å². The van der Waals surface area contributed by atoms with Gasteiger partial charge in [0.2, 0.25) is 5.91 Å². The highest BCUT2D eigenvalue weighted by Crippen LogP contribution is 2.10. The van der Waals surface area contributed by atoms with E-state index in [2.05, 4.69) is 6.92 Å². The molecule has 0 aliphatic heterocycles. The Morgan fingerprint density at radius 1 is 1.05 bits per heavy atom. The maximum atomic E-state index is 11.8. The molecule has 2 N–H and O–H groups in total. The van der Waals surface area contributed by atoms with Crippen molar-refractivity contribution in [3.63, 3.8) is 0 Å². The van der Waals surface area contributed by atoms with Gasteiger partial charge in [0, 0.05) is 13.5 Å². The average Bonchev–Trinajstić information content (AvgIpc) is 2.34. The molecule has 0 aromatic carbocycles. The highest BCUT2D eigenvalue weighted by molar-refractivity contribution is 5.86. The van der Waals surface area contributed by atoms with Crippen LogP contribution in [0.5, 0.6) is 0 Å². The van der Waals surface area contributed by atoms with Crippen LogP contribution in [0.4, 0.5) is 0 Å². The average molecular weight is 273 g/mol. The molecule has 6 heteroatoms. The van der Waals surface area contributed by atoms with Gasteiger partial charge in [0.15, 0.2) is 0 Å². The molecular weight excluding hydrogens is 250 g/mol. The van der Waals surface area contributed by atoms with E-state index in [1.54, 1.807) is 0 Å². The molecule has 6 nitrogen and oxygen atoms in total. The summed E-state index contributed by atoms with van der Waals surface area (Å²) >= 11 is 0. The monoisotopic (exact) mass is 273 g/mol. The van der Waals surface area contributed by atoms with Crippen molar-refractivity contribution in [2.75, 3.05) is 7.05 Å². The smallest absolute Gasteiger partial charge is 0.327 e. The Balaban J connectivity index is 4.19. The fourth-order valence-electron chi connectivity index (χ4n) is 1.79. The third-order valence-electron chi connectivity index (χ3n) is 3.01. The second-order valence-corrected chi connectivity index (χ2v) is 4.62. The van der Waals surface area contributed by atoms with E-state index in [9.17, 15) is 14.4 Å². The molecule has 0 heterocycles. The lowest BCUT2D eigenvalue weighted by Gasteiger charge is -2.23. The fourth-order valence-corrected chi connectivity index (χ4v) is 1.79. The Morgan fingerprint density at radius 3 is 2.11 bits per heavy atom. The summed E-state index contributed by atoms with van der Waals surface area (Å²) in [5.41, 5.74) is 0. The van der Waals surface area contributed by atoms with Gasteiger partial charge < -0.3 is 15.1 Å². The molecule has 0 saturated heterocycles. The number of carbonyl (C=O) groups excluding carboxylic acids is 1. The zero-order chi connectivity index (χ0) is 14.8. The van der Waals surface area contributed by atoms with Crippen molar-refractivity contribution in [2.45, 2.75) is 57.9 Å². The van der Waals surface area contributed by atoms with Crippen LogP contribution in [0.15, 0.2) is 0 Å². The molecule has 0 radical (unpaired) electrons. The molecule has 19 heavy (non-hydrogen) atoms. The van der Waals surface area contributed by atoms with E-state index in [4.69, 9.17) is 10.2 Å². The standard InChI is InChI=1S/C13H23NO5/c1-3-4-5-6-7-8-11(15)14(2)10(13(18)19)9-12(16)17/h10H,3-9H2,1-2H3,(H,16,17)(H,18,19). The first kappa shape index (κ1) is 17.4. The normalized spacial score (nSPS) is 11.9. The van der Waals surface area contributed by atoms with Crippen LogP contribution in [-0.2, 0) is 14.4 Å². The van der Waals surface area contributed by atoms with Crippen molar-refractivity contribution in [1.82, 2.24) is 4.90 Å². The predicted molar refractivity (Wildman–Crippen MR) is 69.8 cm³/mol. The number of hydrogen-bond donors (Lipinski definition) is 2. The van der Waals surface area contributed by atoms with E-state index in [0.717, 1.165) is 30.6 Å². The molecule has 1 atom stereocenters. The molecule has 0 saturated carbocycles. The minimum Gasteiger partial charge on any atom is -0.481 e. The van der Waals surface area contributed by atoms with Gasteiger partial charge in [0.1, 0.15) is 6.04 Å². The van der Waals surface area contributed by atoms with Gasteiger partial charge in [-0.2, -0.15) is 0 Å². The summed E-state index contributed by atoms with van der Waals surface area (Å²) in [5.74, 6) is -2.83. The van der Waals surface area contributed by atoms with Gasteiger partial charge in [-0.15, -0.1) is 0 Å². The van der Waals surface area contributed by atoms with Gasteiger partial charge in [0.25, 0.3) is 0 Å². The first-order valence-corrected chi connectivity index (χ1v) is 6.60. The Bertz CT molecular complexity index is 316. The number of likely N-dealkylation sites (N-methyl/N-ethyl adjacent to an activating group) is 1. The minimum absolute atomic E-state index is 0.267. The van der Waals surface area contributed by atoms with Crippen LogP contribution in [0.3, 0.4) is 0 Å².